The lowest BCUT2D eigenvalue weighted by molar-refractivity contribution is -0.124. The zero-order valence-corrected chi connectivity index (χ0v) is 11.1. The highest BCUT2D eigenvalue weighted by Gasteiger charge is 2.41. The number of nitrogens with zero attached hydrogens (tertiary/aromatic N) is 1. The number of carbonyl (C=O) groups is 2. The van der Waals surface area contributed by atoms with Gasteiger partial charge in [-0.25, -0.2) is 4.39 Å². The first-order valence-corrected chi connectivity index (χ1v) is 6.96. The number of rotatable bonds is 3. The Hall–Kier alpha value is -1.75. The summed E-state index contributed by atoms with van der Waals surface area (Å²) in [5, 5.41) is 2.85. The number of nitrogens with one attached hydrogen (secondary N) is 1. The molecule has 0 aromatic heterocycles. The fourth-order valence-corrected chi connectivity index (χ4v) is 3.19. The summed E-state index contributed by atoms with van der Waals surface area (Å²) in [6.07, 6.45) is 1.78. The molecule has 1 aromatic carbocycles. The molecule has 2 unspecified atom stereocenters. The molecular formula is C15H17FN2O2. The molecule has 2 fully saturated rings. The van der Waals surface area contributed by atoms with Gasteiger partial charge in [-0.15, -0.1) is 0 Å². The number of hydrogen-bond acceptors (Lipinski definition) is 3. The summed E-state index contributed by atoms with van der Waals surface area (Å²) in [4.78, 5) is 25.9. The van der Waals surface area contributed by atoms with Crippen LogP contribution in [0, 0.1) is 11.7 Å². The Morgan fingerprint density at radius 2 is 2.20 bits per heavy atom. The zero-order chi connectivity index (χ0) is 14.1. The van der Waals surface area contributed by atoms with E-state index in [1.54, 1.807) is 12.1 Å². The molecule has 2 aliphatic rings. The molecule has 2 atom stereocenters. The van der Waals surface area contributed by atoms with Gasteiger partial charge in [-0.3, -0.25) is 14.5 Å². The number of carbonyl (C=O) groups excluding carboxylic acids is 2. The number of fused-ring (bicyclic) bond motifs is 1. The van der Waals surface area contributed by atoms with Gasteiger partial charge >= 0.3 is 0 Å². The van der Waals surface area contributed by atoms with Crippen molar-refractivity contribution in [1.82, 2.24) is 10.2 Å². The quantitative estimate of drug-likeness (QED) is 0.845. The van der Waals surface area contributed by atoms with Crippen LogP contribution in [0.3, 0.4) is 0 Å². The standard InChI is InChI=1S/C15H17FN2O2/c16-12-6-2-1-4-10(12)14(19)9-18-7-3-5-11-13(18)8-17-15(11)20/h1-2,4,6,11,13H,3,5,7-9H2,(H,17,20). The van der Waals surface area contributed by atoms with Crippen LogP contribution in [0.5, 0.6) is 0 Å². The second-order valence-corrected chi connectivity index (χ2v) is 5.43. The van der Waals surface area contributed by atoms with Crippen LogP contribution in [0.4, 0.5) is 4.39 Å². The third-order valence-corrected chi connectivity index (χ3v) is 4.24. The van der Waals surface area contributed by atoms with E-state index in [9.17, 15) is 14.0 Å². The van der Waals surface area contributed by atoms with Gasteiger partial charge in [0.15, 0.2) is 5.78 Å². The van der Waals surface area contributed by atoms with Crippen LogP contribution in [0.2, 0.25) is 0 Å². The van der Waals surface area contributed by atoms with Gasteiger partial charge in [0.05, 0.1) is 18.0 Å². The molecule has 1 N–H and O–H groups in total. The van der Waals surface area contributed by atoms with Crippen molar-refractivity contribution in [3.8, 4) is 0 Å². The Labute approximate surface area is 117 Å². The fraction of sp³-hybridized carbons (Fsp3) is 0.467. The number of halogens is 1. The van der Waals surface area contributed by atoms with Crippen molar-refractivity contribution < 1.29 is 14.0 Å². The summed E-state index contributed by atoms with van der Waals surface area (Å²) in [6, 6.07) is 6.12. The number of likely N-dealkylation sites (tertiary alicyclic amines) is 1. The molecule has 0 aliphatic carbocycles. The Morgan fingerprint density at radius 1 is 1.40 bits per heavy atom. The minimum atomic E-state index is -0.480. The topological polar surface area (TPSA) is 49.4 Å². The Morgan fingerprint density at radius 3 is 3.00 bits per heavy atom. The van der Waals surface area contributed by atoms with Crippen LogP contribution >= 0.6 is 0 Å². The molecule has 2 saturated heterocycles. The first kappa shape index (κ1) is 13.2. The van der Waals surface area contributed by atoms with Crippen molar-refractivity contribution in [3.05, 3.63) is 35.6 Å². The first-order chi connectivity index (χ1) is 9.66. The predicted octanol–water partition coefficient (Wildman–Crippen LogP) is 1.22. The second-order valence-electron chi connectivity index (χ2n) is 5.43. The largest absolute Gasteiger partial charge is 0.354 e. The van der Waals surface area contributed by atoms with Crippen LogP contribution < -0.4 is 5.32 Å². The van der Waals surface area contributed by atoms with Crippen molar-refractivity contribution in [2.24, 2.45) is 5.92 Å². The van der Waals surface area contributed by atoms with E-state index in [1.165, 1.54) is 12.1 Å². The lowest BCUT2D eigenvalue weighted by Crippen LogP contribution is -2.47. The van der Waals surface area contributed by atoms with Crippen LogP contribution in [0.15, 0.2) is 24.3 Å². The number of piperidine rings is 1. The van der Waals surface area contributed by atoms with E-state index in [4.69, 9.17) is 0 Å². The third kappa shape index (κ3) is 2.33. The van der Waals surface area contributed by atoms with Gasteiger partial charge in [0, 0.05) is 12.6 Å². The summed E-state index contributed by atoms with van der Waals surface area (Å²) < 4.78 is 13.6. The average molecular weight is 276 g/mol. The molecule has 2 aliphatic heterocycles. The number of benzene rings is 1. The molecule has 2 heterocycles. The van der Waals surface area contributed by atoms with E-state index in [2.05, 4.69) is 5.32 Å². The minimum Gasteiger partial charge on any atom is -0.354 e. The lowest BCUT2D eigenvalue weighted by Gasteiger charge is -2.35. The van der Waals surface area contributed by atoms with Crippen LogP contribution in [-0.2, 0) is 4.79 Å². The van der Waals surface area contributed by atoms with Gasteiger partial charge in [0.25, 0.3) is 0 Å². The zero-order valence-electron chi connectivity index (χ0n) is 11.1. The van der Waals surface area contributed by atoms with Gasteiger partial charge in [-0.1, -0.05) is 12.1 Å². The summed E-state index contributed by atoms with van der Waals surface area (Å²) in [5.41, 5.74) is 0.131. The van der Waals surface area contributed by atoms with Crippen LogP contribution in [0.25, 0.3) is 0 Å². The summed E-state index contributed by atoms with van der Waals surface area (Å²) in [6.45, 7) is 1.56. The van der Waals surface area contributed by atoms with Crippen LogP contribution in [0.1, 0.15) is 23.2 Å². The smallest absolute Gasteiger partial charge is 0.224 e. The molecule has 1 aromatic rings. The fourth-order valence-electron chi connectivity index (χ4n) is 3.19. The number of ketones is 1. The van der Waals surface area contributed by atoms with E-state index in [0.29, 0.717) is 6.54 Å². The molecular weight excluding hydrogens is 259 g/mol. The minimum absolute atomic E-state index is 0.0165. The maximum absolute atomic E-state index is 13.6. The third-order valence-electron chi connectivity index (χ3n) is 4.24. The van der Waals surface area contributed by atoms with E-state index in [-0.39, 0.29) is 35.8 Å². The van der Waals surface area contributed by atoms with Crippen molar-refractivity contribution in [2.75, 3.05) is 19.6 Å². The molecule has 20 heavy (non-hydrogen) atoms. The molecule has 5 heteroatoms. The predicted molar refractivity (Wildman–Crippen MR) is 71.8 cm³/mol. The first-order valence-electron chi connectivity index (χ1n) is 6.96. The number of hydrogen-bond donors (Lipinski definition) is 1. The maximum atomic E-state index is 13.6. The van der Waals surface area contributed by atoms with Crippen molar-refractivity contribution in [3.63, 3.8) is 0 Å². The normalized spacial score (nSPS) is 26.1. The summed E-state index contributed by atoms with van der Waals surface area (Å²) in [5.74, 6) is -0.634. The van der Waals surface area contributed by atoms with E-state index >= 15 is 0 Å². The van der Waals surface area contributed by atoms with Gasteiger partial charge < -0.3 is 5.32 Å². The van der Waals surface area contributed by atoms with Gasteiger partial charge in [0.1, 0.15) is 5.82 Å². The number of amides is 1. The average Bonchev–Trinajstić information content (AvgIpc) is 2.82. The van der Waals surface area contributed by atoms with Crippen molar-refractivity contribution >= 4 is 11.7 Å². The molecule has 0 bridgehead atoms. The van der Waals surface area contributed by atoms with Gasteiger partial charge in [-0.05, 0) is 31.5 Å². The highest BCUT2D eigenvalue weighted by atomic mass is 19.1. The highest BCUT2D eigenvalue weighted by Crippen LogP contribution is 2.27. The molecule has 3 rings (SSSR count). The van der Waals surface area contributed by atoms with E-state index in [0.717, 1.165) is 19.4 Å². The van der Waals surface area contributed by atoms with Crippen LogP contribution in [-0.4, -0.2) is 42.3 Å². The SMILES string of the molecule is O=C(CN1CCCC2C(=O)NCC21)c1ccccc1F. The molecule has 0 saturated carbocycles. The summed E-state index contributed by atoms with van der Waals surface area (Å²) >= 11 is 0. The van der Waals surface area contributed by atoms with Gasteiger partial charge in [-0.2, -0.15) is 0 Å². The maximum Gasteiger partial charge on any atom is 0.224 e. The van der Waals surface area contributed by atoms with Crippen molar-refractivity contribution in [2.45, 2.75) is 18.9 Å². The van der Waals surface area contributed by atoms with E-state index in [1.807, 2.05) is 4.90 Å². The Balaban J connectivity index is 1.73. The molecule has 0 radical (unpaired) electrons. The van der Waals surface area contributed by atoms with Crippen molar-refractivity contribution in [1.29, 1.82) is 0 Å². The monoisotopic (exact) mass is 276 g/mol. The Bertz CT molecular complexity index is 546. The molecule has 1 amide bonds. The molecule has 0 spiro atoms. The highest BCUT2D eigenvalue weighted by molar-refractivity contribution is 5.98. The van der Waals surface area contributed by atoms with E-state index < -0.39 is 5.82 Å². The number of Topliss-reactive ketones (excluding diaryl/α,β-unsaturated/α-hetero) is 1. The second kappa shape index (κ2) is 5.32. The molecule has 106 valence electrons. The lowest BCUT2D eigenvalue weighted by atomic mass is 9.91. The molecule has 4 nitrogen and oxygen atoms in total. The summed E-state index contributed by atoms with van der Waals surface area (Å²) in [7, 11) is 0. The van der Waals surface area contributed by atoms with Gasteiger partial charge in [0.2, 0.25) is 5.91 Å². The Kier molecular flexibility index (Phi) is 3.53.